The van der Waals surface area contributed by atoms with Gasteiger partial charge < -0.3 is 19.3 Å². The fourth-order valence-electron chi connectivity index (χ4n) is 3.99. The Morgan fingerprint density at radius 2 is 1.90 bits per heavy atom. The molecule has 3 rings (SSSR count). The maximum atomic E-state index is 13.0. The lowest BCUT2D eigenvalue weighted by molar-refractivity contribution is -0.140. The number of ketones is 1. The fraction of sp³-hybridized carbons (Fsp3) is 0.417. The zero-order valence-electron chi connectivity index (χ0n) is 18.1. The summed E-state index contributed by atoms with van der Waals surface area (Å²) in [6, 6.07) is 8.41. The third-order valence-electron chi connectivity index (χ3n) is 5.77. The molecule has 2 aromatic rings. The van der Waals surface area contributed by atoms with Crippen LogP contribution in [0.3, 0.4) is 0 Å². The van der Waals surface area contributed by atoms with Gasteiger partial charge in [0, 0.05) is 12.1 Å². The zero-order valence-corrected chi connectivity index (χ0v) is 18.1. The van der Waals surface area contributed by atoms with E-state index >= 15 is 0 Å². The highest BCUT2D eigenvalue weighted by atomic mass is 16.3. The summed E-state index contributed by atoms with van der Waals surface area (Å²) < 4.78 is 5.58. The number of hydrogen-bond acceptors (Lipinski definition) is 5. The molecule has 30 heavy (non-hydrogen) atoms. The van der Waals surface area contributed by atoms with E-state index in [9.17, 15) is 14.7 Å². The molecule has 1 unspecified atom stereocenters. The first kappa shape index (κ1) is 21.8. The Bertz CT molecular complexity index is 942. The van der Waals surface area contributed by atoms with Crippen molar-refractivity contribution in [3.8, 4) is 0 Å². The normalized spacial score (nSPS) is 18.6. The van der Waals surface area contributed by atoms with Crippen LogP contribution in [-0.2, 0) is 9.59 Å². The summed E-state index contributed by atoms with van der Waals surface area (Å²) >= 11 is 0. The first-order chi connectivity index (χ1) is 14.4. The molecule has 2 heterocycles. The molecule has 1 saturated heterocycles. The lowest BCUT2D eigenvalue weighted by Gasteiger charge is -2.25. The van der Waals surface area contributed by atoms with Gasteiger partial charge in [-0.1, -0.05) is 31.5 Å². The second kappa shape index (κ2) is 9.30. The van der Waals surface area contributed by atoms with Crippen LogP contribution < -0.4 is 0 Å². The molecule has 1 atom stereocenters. The molecule has 0 aliphatic carbocycles. The molecular formula is C24H30N2O4. The Hall–Kier alpha value is -2.86. The second-order valence-electron chi connectivity index (χ2n) is 7.71. The molecule has 1 N–H and O–H groups in total. The Balaban J connectivity index is 2.01. The standard InChI is InChI=1S/C24H30N2O4/c1-5-25(6-2)12-8-13-26-21(19-9-7-14-30-19)20(23(28)24(26)29)22(27)18-15-16(3)10-11-17(18)4/h7,9-11,14-15,21,27H,5-6,8,12-13H2,1-4H3/b22-20+. The van der Waals surface area contributed by atoms with E-state index < -0.39 is 17.7 Å². The number of furan rings is 1. The van der Waals surface area contributed by atoms with Gasteiger partial charge >= 0.3 is 0 Å². The lowest BCUT2D eigenvalue weighted by atomic mass is 9.96. The van der Waals surface area contributed by atoms with Crippen molar-refractivity contribution in [3.63, 3.8) is 0 Å². The Labute approximate surface area is 177 Å². The molecule has 160 valence electrons. The van der Waals surface area contributed by atoms with E-state index in [2.05, 4.69) is 18.7 Å². The molecule has 1 aliphatic heterocycles. The van der Waals surface area contributed by atoms with Crippen molar-refractivity contribution in [2.75, 3.05) is 26.2 Å². The lowest BCUT2D eigenvalue weighted by Crippen LogP contribution is -2.33. The molecule has 1 fully saturated rings. The van der Waals surface area contributed by atoms with Crippen LogP contribution in [0.1, 0.15) is 48.8 Å². The average Bonchev–Trinajstić information content (AvgIpc) is 3.35. The van der Waals surface area contributed by atoms with E-state index in [1.54, 1.807) is 12.1 Å². The van der Waals surface area contributed by atoms with Gasteiger partial charge in [-0.2, -0.15) is 0 Å². The summed E-state index contributed by atoms with van der Waals surface area (Å²) in [5, 5.41) is 11.1. The molecule has 6 heteroatoms. The van der Waals surface area contributed by atoms with E-state index in [0.717, 1.165) is 37.2 Å². The fourth-order valence-corrected chi connectivity index (χ4v) is 3.99. The predicted octanol–water partition coefficient (Wildman–Crippen LogP) is 4.05. The van der Waals surface area contributed by atoms with Crippen molar-refractivity contribution >= 4 is 17.4 Å². The van der Waals surface area contributed by atoms with Crippen LogP contribution in [0.15, 0.2) is 46.6 Å². The van der Waals surface area contributed by atoms with E-state index in [1.165, 1.54) is 11.2 Å². The van der Waals surface area contributed by atoms with Crippen LogP contribution in [0.4, 0.5) is 0 Å². The number of aliphatic hydroxyl groups is 1. The number of benzene rings is 1. The first-order valence-corrected chi connectivity index (χ1v) is 10.5. The number of carbonyl (C=O) groups excluding carboxylic acids is 2. The van der Waals surface area contributed by atoms with Crippen LogP contribution in [0.5, 0.6) is 0 Å². The third kappa shape index (κ3) is 4.19. The Morgan fingerprint density at radius 1 is 1.17 bits per heavy atom. The molecule has 6 nitrogen and oxygen atoms in total. The molecule has 0 saturated carbocycles. The summed E-state index contributed by atoms with van der Waals surface area (Å²) in [5.41, 5.74) is 2.45. The van der Waals surface area contributed by atoms with Gasteiger partial charge in [0.25, 0.3) is 11.7 Å². The minimum atomic E-state index is -0.725. The SMILES string of the molecule is CCN(CC)CCCN1C(=O)C(=O)/C(=C(/O)c2cc(C)ccc2C)C1c1ccco1. The van der Waals surface area contributed by atoms with Gasteiger partial charge in [0.15, 0.2) is 0 Å². The van der Waals surface area contributed by atoms with Gasteiger partial charge in [0.1, 0.15) is 17.6 Å². The quantitative estimate of drug-likeness (QED) is 0.404. The predicted molar refractivity (Wildman–Crippen MR) is 116 cm³/mol. The van der Waals surface area contributed by atoms with Crippen molar-refractivity contribution in [2.24, 2.45) is 0 Å². The van der Waals surface area contributed by atoms with Crippen LogP contribution >= 0.6 is 0 Å². The van der Waals surface area contributed by atoms with E-state index in [4.69, 9.17) is 4.42 Å². The van der Waals surface area contributed by atoms with Crippen LogP contribution in [-0.4, -0.2) is 52.8 Å². The van der Waals surface area contributed by atoms with Gasteiger partial charge in [-0.25, -0.2) is 0 Å². The molecule has 0 radical (unpaired) electrons. The number of rotatable bonds is 8. The third-order valence-corrected chi connectivity index (χ3v) is 5.77. The van der Waals surface area contributed by atoms with E-state index in [-0.39, 0.29) is 11.3 Å². The van der Waals surface area contributed by atoms with E-state index in [1.807, 2.05) is 32.0 Å². The van der Waals surface area contributed by atoms with Crippen molar-refractivity contribution in [1.29, 1.82) is 0 Å². The van der Waals surface area contributed by atoms with Gasteiger partial charge in [0.2, 0.25) is 0 Å². The number of aryl methyl sites for hydroxylation is 2. The van der Waals surface area contributed by atoms with Gasteiger partial charge in [-0.05, 0) is 63.7 Å². The molecule has 1 amide bonds. The zero-order chi connectivity index (χ0) is 21.8. The van der Waals surface area contributed by atoms with Crippen molar-refractivity contribution in [3.05, 3.63) is 64.6 Å². The van der Waals surface area contributed by atoms with Crippen LogP contribution in [0, 0.1) is 13.8 Å². The molecule has 0 bridgehead atoms. The minimum absolute atomic E-state index is 0.0893. The van der Waals surface area contributed by atoms with Gasteiger partial charge in [-0.3, -0.25) is 9.59 Å². The maximum absolute atomic E-state index is 13.0. The van der Waals surface area contributed by atoms with Crippen molar-refractivity contribution in [2.45, 2.75) is 40.2 Å². The van der Waals surface area contributed by atoms with Crippen LogP contribution in [0.25, 0.3) is 5.76 Å². The number of nitrogens with zero attached hydrogens (tertiary/aromatic N) is 2. The highest BCUT2D eigenvalue weighted by Crippen LogP contribution is 2.40. The highest BCUT2D eigenvalue weighted by Gasteiger charge is 2.47. The molecular weight excluding hydrogens is 380 g/mol. The largest absolute Gasteiger partial charge is 0.507 e. The number of amides is 1. The number of carbonyl (C=O) groups is 2. The minimum Gasteiger partial charge on any atom is -0.507 e. The Kier molecular flexibility index (Phi) is 6.77. The monoisotopic (exact) mass is 410 g/mol. The molecule has 0 spiro atoms. The summed E-state index contributed by atoms with van der Waals surface area (Å²) in [4.78, 5) is 29.7. The molecule has 1 aromatic carbocycles. The van der Waals surface area contributed by atoms with Crippen LogP contribution in [0.2, 0.25) is 0 Å². The first-order valence-electron chi connectivity index (χ1n) is 10.5. The molecule has 1 aliphatic rings. The highest BCUT2D eigenvalue weighted by molar-refractivity contribution is 6.46. The number of hydrogen-bond donors (Lipinski definition) is 1. The number of Topliss-reactive ketones (excluding diaryl/α,β-unsaturated/α-hetero) is 1. The summed E-state index contributed by atoms with van der Waals surface area (Å²) in [5.74, 6) is -0.938. The van der Waals surface area contributed by atoms with Crippen molar-refractivity contribution in [1.82, 2.24) is 9.80 Å². The second-order valence-corrected chi connectivity index (χ2v) is 7.71. The topological polar surface area (TPSA) is 74.0 Å². The number of likely N-dealkylation sites (tertiary alicyclic amines) is 1. The Morgan fingerprint density at radius 3 is 2.53 bits per heavy atom. The van der Waals surface area contributed by atoms with Gasteiger partial charge in [0.05, 0.1) is 11.8 Å². The summed E-state index contributed by atoms with van der Waals surface area (Å²) in [6.07, 6.45) is 2.25. The van der Waals surface area contributed by atoms with Crippen molar-refractivity contribution < 1.29 is 19.1 Å². The smallest absolute Gasteiger partial charge is 0.295 e. The van der Waals surface area contributed by atoms with E-state index in [0.29, 0.717) is 17.9 Å². The maximum Gasteiger partial charge on any atom is 0.295 e. The average molecular weight is 411 g/mol. The van der Waals surface area contributed by atoms with Gasteiger partial charge in [-0.15, -0.1) is 0 Å². The summed E-state index contributed by atoms with van der Waals surface area (Å²) in [6.45, 7) is 11.1. The number of aliphatic hydroxyl groups excluding tert-OH is 1. The summed E-state index contributed by atoms with van der Waals surface area (Å²) in [7, 11) is 0. The molecule has 1 aromatic heterocycles.